The second-order valence-electron chi connectivity index (χ2n) is 5.33. The molecule has 0 fully saturated rings. The lowest BCUT2D eigenvalue weighted by Crippen LogP contribution is -2.31. The normalized spacial score (nSPS) is 13.9. The molecular weight excluding hydrogens is 289 g/mol. The van der Waals surface area contributed by atoms with Crippen molar-refractivity contribution in [3.05, 3.63) is 64.4 Å². The Morgan fingerprint density at radius 2 is 1.95 bits per heavy atom. The van der Waals surface area contributed by atoms with E-state index in [9.17, 15) is 9.50 Å². The Bertz CT molecular complexity index is 617. The molecule has 2 aromatic rings. The van der Waals surface area contributed by atoms with Gasteiger partial charge in [-0.15, -0.1) is 0 Å². The highest BCUT2D eigenvalue weighted by Crippen LogP contribution is 2.22. The first-order valence-corrected chi connectivity index (χ1v) is 7.32. The molecule has 0 aliphatic carbocycles. The smallest absolute Gasteiger partial charge is 0.131 e. The molecule has 0 heterocycles. The van der Waals surface area contributed by atoms with E-state index in [1.165, 1.54) is 6.07 Å². The monoisotopic (exact) mass is 307 g/mol. The molecule has 0 saturated carbocycles. The average molecular weight is 308 g/mol. The van der Waals surface area contributed by atoms with Crippen LogP contribution in [-0.2, 0) is 6.42 Å². The lowest BCUT2D eigenvalue weighted by atomic mass is 10.0. The van der Waals surface area contributed by atoms with E-state index in [1.807, 2.05) is 31.2 Å². The number of halogens is 2. The fourth-order valence-corrected chi connectivity index (χ4v) is 2.67. The van der Waals surface area contributed by atoms with Crippen LogP contribution in [0.15, 0.2) is 42.5 Å². The number of benzene rings is 2. The van der Waals surface area contributed by atoms with Crippen LogP contribution in [0.4, 0.5) is 4.39 Å². The van der Waals surface area contributed by atoms with Crippen LogP contribution in [0.2, 0.25) is 5.02 Å². The molecular formula is C17H19ClFNO. The van der Waals surface area contributed by atoms with Crippen molar-refractivity contribution in [2.24, 2.45) is 0 Å². The minimum absolute atomic E-state index is 0.0598. The topological polar surface area (TPSA) is 32.3 Å². The molecule has 2 aromatic carbocycles. The third-order valence-corrected chi connectivity index (χ3v) is 3.65. The summed E-state index contributed by atoms with van der Waals surface area (Å²) in [7, 11) is 0. The van der Waals surface area contributed by atoms with Gasteiger partial charge >= 0.3 is 0 Å². The molecule has 21 heavy (non-hydrogen) atoms. The summed E-state index contributed by atoms with van der Waals surface area (Å²) in [4.78, 5) is 0. The standard InChI is InChI=1S/C17H19ClFNO/c1-11(8-13-4-3-5-14(18)9-13)20-12(2)16-7-6-15(21)10-17(16)19/h3-7,9-12,20-21H,8H2,1-2H3. The molecule has 0 bridgehead atoms. The van der Waals surface area contributed by atoms with Gasteiger partial charge < -0.3 is 10.4 Å². The Balaban J connectivity index is 2.00. The number of rotatable bonds is 5. The zero-order valence-electron chi connectivity index (χ0n) is 12.1. The molecule has 4 heteroatoms. The lowest BCUT2D eigenvalue weighted by molar-refractivity contribution is 0.448. The molecule has 2 rings (SSSR count). The first-order valence-electron chi connectivity index (χ1n) is 6.94. The second kappa shape index (κ2) is 6.92. The van der Waals surface area contributed by atoms with Crippen LogP contribution in [0.25, 0.3) is 0 Å². The number of phenols is 1. The van der Waals surface area contributed by atoms with Crippen molar-refractivity contribution in [2.45, 2.75) is 32.4 Å². The predicted molar refractivity (Wildman–Crippen MR) is 84.2 cm³/mol. The van der Waals surface area contributed by atoms with Crippen molar-refractivity contribution in [2.75, 3.05) is 0 Å². The summed E-state index contributed by atoms with van der Waals surface area (Å²) in [6, 6.07) is 12.0. The van der Waals surface area contributed by atoms with E-state index in [-0.39, 0.29) is 17.8 Å². The highest BCUT2D eigenvalue weighted by atomic mass is 35.5. The van der Waals surface area contributed by atoms with Gasteiger partial charge in [-0.05, 0) is 44.0 Å². The molecule has 0 saturated heterocycles. The van der Waals surface area contributed by atoms with Crippen LogP contribution in [0.5, 0.6) is 5.75 Å². The molecule has 0 amide bonds. The van der Waals surface area contributed by atoms with Crippen LogP contribution < -0.4 is 5.32 Å². The van der Waals surface area contributed by atoms with Crippen molar-refractivity contribution in [3.63, 3.8) is 0 Å². The lowest BCUT2D eigenvalue weighted by Gasteiger charge is -2.21. The molecule has 2 nitrogen and oxygen atoms in total. The molecule has 0 aliphatic rings. The molecule has 0 aliphatic heterocycles. The molecule has 0 spiro atoms. The van der Waals surface area contributed by atoms with Gasteiger partial charge in [0.2, 0.25) is 0 Å². The number of hydrogen-bond donors (Lipinski definition) is 2. The molecule has 0 aromatic heterocycles. The SMILES string of the molecule is CC(Cc1cccc(Cl)c1)NC(C)c1ccc(O)cc1F. The Hall–Kier alpha value is -1.58. The first-order chi connectivity index (χ1) is 9.95. The van der Waals surface area contributed by atoms with E-state index in [2.05, 4.69) is 12.2 Å². The molecule has 112 valence electrons. The Morgan fingerprint density at radius 1 is 1.19 bits per heavy atom. The minimum atomic E-state index is -0.398. The maximum Gasteiger partial charge on any atom is 0.131 e. The zero-order chi connectivity index (χ0) is 15.4. The maximum absolute atomic E-state index is 13.8. The number of aromatic hydroxyl groups is 1. The fourth-order valence-electron chi connectivity index (χ4n) is 2.46. The Labute approximate surface area is 129 Å². The van der Waals surface area contributed by atoms with E-state index in [4.69, 9.17) is 11.6 Å². The van der Waals surface area contributed by atoms with Crippen LogP contribution >= 0.6 is 11.6 Å². The molecule has 2 unspecified atom stereocenters. The fraction of sp³-hybridized carbons (Fsp3) is 0.294. The van der Waals surface area contributed by atoms with Crippen LogP contribution in [0.1, 0.15) is 31.0 Å². The summed E-state index contributed by atoms with van der Waals surface area (Å²) in [5, 5.41) is 13.3. The summed E-state index contributed by atoms with van der Waals surface area (Å²) >= 11 is 5.97. The van der Waals surface area contributed by atoms with E-state index in [0.717, 1.165) is 23.1 Å². The van der Waals surface area contributed by atoms with Crippen molar-refractivity contribution in [1.82, 2.24) is 5.32 Å². The van der Waals surface area contributed by atoms with Crippen molar-refractivity contribution < 1.29 is 9.50 Å². The van der Waals surface area contributed by atoms with Crippen molar-refractivity contribution >= 4 is 11.6 Å². The number of hydrogen-bond acceptors (Lipinski definition) is 2. The predicted octanol–water partition coefficient (Wildman–Crippen LogP) is 4.47. The third kappa shape index (κ3) is 4.45. The second-order valence-corrected chi connectivity index (χ2v) is 5.77. The Morgan fingerprint density at radius 3 is 2.62 bits per heavy atom. The van der Waals surface area contributed by atoms with Crippen LogP contribution in [0.3, 0.4) is 0 Å². The summed E-state index contributed by atoms with van der Waals surface area (Å²) in [5.41, 5.74) is 1.69. The number of nitrogens with one attached hydrogen (secondary N) is 1. The third-order valence-electron chi connectivity index (χ3n) is 3.42. The molecule has 2 atom stereocenters. The van der Waals surface area contributed by atoms with Gasteiger partial charge in [-0.25, -0.2) is 4.39 Å². The molecule has 2 N–H and O–H groups in total. The summed E-state index contributed by atoms with van der Waals surface area (Å²) in [6.07, 6.45) is 0.810. The largest absolute Gasteiger partial charge is 0.508 e. The van der Waals surface area contributed by atoms with Gasteiger partial charge in [-0.3, -0.25) is 0 Å². The highest BCUT2D eigenvalue weighted by molar-refractivity contribution is 6.30. The zero-order valence-corrected chi connectivity index (χ0v) is 12.9. The van der Waals surface area contributed by atoms with E-state index in [0.29, 0.717) is 5.56 Å². The van der Waals surface area contributed by atoms with Crippen molar-refractivity contribution in [3.8, 4) is 5.75 Å². The summed E-state index contributed by atoms with van der Waals surface area (Å²) in [6.45, 7) is 3.96. The van der Waals surface area contributed by atoms with Gasteiger partial charge in [-0.2, -0.15) is 0 Å². The summed E-state index contributed by atoms with van der Waals surface area (Å²) < 4.78 is 13.8. The quantitative estimate of drug-likeness (QED) is 0.854. The van der Waals surface area contributed by atoms with E-state index >= 15 is 0 Å². The van der Waals surface area contributed by atoms with Gasteiger partial charge in [0.25, 0.3) is 0 Å². The van der Waals surface area contributed by atoms with Gasteiger partial charge in [-0.1, -0.05) is 29.8 Å². The van der Waals surface area contributed by atoms with Gasteiger partial charge in [0.1, 0.15) is 11.6 Å². The summed E-state index contributed by atoms with van der Waals surface area (Å²) in [5.74, 6) is -0.458. The Kier molecular flexibility index (Phi) is 5.21. The van der Waals surface area contributed by atoms with Gasteiger partial charge in [0, 0.05) is 28.7 Å². The van der Waals surface area contributed by atoms with Crippen molar-refractivity contribution in [1.29, 1.82) is 0 Å². The first kappa shape index (κ1) is 15.8. The van der Waals surface area contributed by atoms with Crippen LogP contribution in [-0.4, -0.2) is 11.1 Å². The number of phenolic OH excluding ortho intramolecular Hbond substituents is 1. The van der Waals surface area contributed by atoms with E-state index in [1.54, 1.807) is 6.07 Å². The molecule has 0 radical (unpaired) electrons. The highest BCUT2D eigenvalue weighted by Gasteiger charge is 2.14. The van der Waals surface area contributed by atoms with Crippen LogP contribution in [0, 0.1) is 5.82 Å². The average Bonchev–Trinajstić information content (AvgIpc) is 2.38. The van der Waals surface area contributed by atoms with Gasteiger partial charge in [0.05, 0.1) is 0 Å². The van der Waals surface area contributed by atoms with E-state index < -0.39 is 5.82 Å². The minimum Gasteiger partial charge on any atom is -0.508 e. The maximum atomic E-state index is 13.8. The van der Waals surface area contributed by atoms with Gasteiger partial charge in [0.15, 0.2) is 0 Å².